The van der Waals surface area contributed by atoms with Crippen molar-refractivity contribution in [3.63, 3.8) is 0 Å². The van der Waals surface area contributed by atoms with Gasteiger partial charge in [-0.15, -0.1) is 0 Å². The molecule has 0 aliphatic heterocycles. The quantitative estimate of drug-likeness (QED) is 0.562. The molecule has 1 amide bonds. The standard InChI is InChI=1S/C15H27N5O2/c1-7-16-14(17-8-12(21)20-15(4,5)6)18-9-13-19-10(2)11(3)22-13/h7-9H2,1-6H3,(H,20,21)(H2,16,17,18). The van der Waals surface area contributed by atoms with Gasteiger partial charge in [0, 0.05) is 12.1 Å². The summed E-state index contributed by atoms with van der Waals surface area (Å²) in [5, 5.41) is 9.05. The van der Waals surface area contributed by atoms with Gasteiger partial charge in [0.1, 0.15) is 12.3 Å². The van der Waals surface area contributed by atoms with Crippen molar-refractivity contribution in [1.82, 2.24) is 20.9 Å². The number of guanidine groups is 1. The maximum atomic E-state index is 11.8. The Bertz CT molecular complexity index is 509. The molecule has 7 nitrogen and oxygen atoms in total. The third-order valence-electron chi connectivity index (χ3n) is 2.72. The van der Waals surface area contributed by atoms with E-state index in [2.05, 4.69) is 25.9 Å². The lowest BCUT2D eigenvalue weighted by atomic mass is 10.1. The summed E-state index contributed by atoms with van der Waals surface area (Å²) in [6.45, 7) is 12.7. The fraction of sp³-hybridized carbons (Fsp3) is 0.667. The maximum Gasteiger partial charge on any atom is 0.242 e. The van der Waals surface area contributed by atoms with E-state index >= 15 is 0 Å². The van der Waals surface area contributed by atoms with Crippen LogP contribution in [0.3, 0.4) is 0 Å². The van der Waals surface area contributed by atoms with E-state index in [1.165, 1.54) is 0 Å². The molecule has 124 valence electrons. The highest BCUT2D eigenvalue weighted by Gasteiger charge is 2.13. The third-order valence-corrected chi connectivity index (χ3v) is 2.72. The molecule has 0 bridgehead atoms. The average Bonchev–Trinajstić information content (AvgIpc) is 2.70. The number of carbonyl (C=O) groups is 1. The van der Waals surface area contributed by atoms with Gasteiger partial charge in [0.15, 0.2) is 5.96 Å². The van der Waals surface area contributed by atoms with Crippen molar-refractivity contribution < 1.29 is 9.21 Å². The molecule has 0 aliphatic rings. The predicted octanol–water partition coefficient (Wildman–Crippen LogP) is 1.26. The van der Waals surface area contributed by atoms with E-state index in [1.807, 2.05) is 41.5 Å². The number of aliphatic imine (C=N–C) groups is 1. The van der Waals surface area contributed by atoms with Crippen LogP contribution >= 0.6 is 0 Å². The zero-order chi connectivity index (χ0) is 16.8. The van der Waals surface area contributed by atoms with E-state index in [1.54, 1.807) is 0 Å². The summed E-state index contributed by atoms with van der Waals surface area (Å²) in [4.78, 5) is 20.3. The Balaban J connectivity index is 2.56. The van der Waals surface area contributed by atoms with Gasteiger partial charge in [-0.1, -0.05) is 0 Å². The first-order chi connectivity index (χ1) is 10.2. The van der Waals surface area contributed by atoms with Crippen LogP contribution < -0.4 is 16.0 Å². The molecular formula is C15H27N5O2. The first kappa shape index (κ1) is 18.0. The second kappa shape index (κ2) is 7.82. The smallest absolute Gasteiger partial charge is 0.242 e. The molecule has 1 aromatic rings. The van der Waals surface area contributed by atoms with Gasteiger partial charge in [0.05, 0.1) is 12.2 Å². The van der Waals surface area contributed by atoms with Crippen molar-refractivity contribution in [2.75, 3.05) is 13.1 Å². The van der Waals surface area contributed by atoms with E-state index in [0.29, 0.717) is 24.9 Å². The van der Waals surface area contributed by atoms with Gasteiger partial charge >= 0.3 is 0 Å². The number of aromatic nitrogens is 1. The molecule has 22 heavy (non-hydrogen) atoms. The molecule has 1 aromatic heterocycles. The average molecular weight is 309 g/mol. The number of nitrogens with zero attached hydrogens (tertiary/aromatic N) is 2. The van der Waals surface area contributed by atoms with Crippen LogP contribution in [0.5, 0.6) is 0 Å². The van der Waals surface area contributed by atoms with Crippen LogP contribution in [-0.4, -0.2) is 35.5 Å². The van der Waals surface area contributed by atoms with Crippen LogP contribution in [0.25, 0.3) is 0 Å². The molecule has 0 atom stereocenters. The summed E-state index contributed by atoms with van der Waals surface area (Å²) in [6.07, 6.45) is 0. The predicted molar refractivity (Wildman–Crippen MR) is 86.7 cm³/mol. The molecule has 1 heterocycles. The lowest BCUT2D eigenvalue weighted by Crippen LogP contribution is -2.43. The van der Waals surface area contributed by atoms with Crippen molar-refractivity contribution in [2.24, 2.45) is 4.99 Å². The molecule has 7 heteroatoms. The van der Waals surface area contributed by atoms with Crippen LogP contribution in [0.15, 0.2) is 9.41 Å². The van der Waals surface area contributed by atoms with Crippen molar-refractivity contribution in [1.29, 1.82) is 0 Å². The molecule has 0 fully saturated rings. The molecule has 0 radical (unpaired) electrons. The molecule has 0 saturated heterocycles. The number of aryl methyl sites for hydroxylation is 2. The van der Waals surface area contributed by atoms with Crippen LogP contribution in [0.4, 0.5) is 0 Å². The Hall–Kier alpha value is -2.05. The largest absolute Gasteiger partial charge is 0.444 e. The van der Waals surface area contributed by atoms with Crippen LogP contribution in [0, 0.1) is 13.8 Å². The summed E-state index contributed by atoms with van der Waals surface area (Å²) in [5.74, 6) is 1.84. The van der Waals surface area contributed by atoms with E-state index in [0.717, 1.165) is 11.5 Å². The van der Waals surface area contributed by atoms with Gasteiger partial charge in [-0.3, -0.25) is 4.79 Å². The number of carbonyl (C=O) groups excluding carboxylic acids is 1. The van der Waals surface area contributed by atoms with Crippen LogP contribution in [-0.2, 0) is 11.3 Å². The number of hydrogen-bond acceptors (Lipinski definition) is 4. The maximum absolute atomic E-state index is 11.8. The molecule has 0 spiro atoms. The monoisotopic (exact) mass is 309 g/mol. The van der Waals surface area contributed by atoms with Crippen molar-refractivity contribution >= 4 is 11.9 Å². The Morgan fingerprint density at radius 1 is 1.27 bits per heavy atom. The highest BCUT2D eigenvalue weighted by atomic mass is 16.4. The Morgan fingerprint density at radius 2 is 1.95 bits per heavy atom. The Labute approximate surface area is 132 Å². The van der Waals surface area contributed by atoms with Crippen molar-refractivity contribution in [3.8, 4) is 0 Å². The highest BCUT2D eigenvalue weighted by molar-refractivity contribution is 5.85. The minimum absolute atomic E-state index is 0.0657. The van der Waals surface area contributed by atoms with Gasteiger partial charge < -0.3 is 20.4 Å². The zero-order valence-electron chi connectivity index (χ0n) is 14.3. The van der Waals surface area contributed by atoms with E-state index in [9.17, 15) is 4.79 Å². The van der Waals surface area contributed by atoms with Crippen molar-refractivity contribution in [2.45, 2.75) is 53.6 Å². The van der Waals surface area contributed by atoms with Gasteiger partial charge in [0.2, 0.25) is 11.8 Å². The summed E-state index contributed by atoms with van der Waals surface area (Å²) >= 11 is 0. The minimum atomic E-state index is -0.258. The van der Waals surface area contributed by atoms with Gasteiger partial charge in [-0.05, 0) is 41.5 Å². The third kappa shape index (κ3) is 6.60. The molecule has 0 saturated carbocycles. The van der Waals surface area contributed by atoms with E-state index in [-0.39, 0.29) is 18.0 Å². The highest BCUT2D eigenvalue weighted by Crippen LogP contribution is 2.07. The molecule has 0 aromatic carbocycles. The van der Waals surface area contributed by atoms with Gasteiger partial charge in [-0.2, -0.15) is 0 Å². The lowest BCUT2D eigenvalue weighted by molar-refractivity contribution is -0.121. The normalized spacial score (nSPS) is 12.2. The second-order valence-corrected chi connectivity index (χ2v) is 6.10. The Kier molecular flexibility index (Phi) is 6.39. The van der Waals surface area contributed by atoms with Crippen LogP contribution in [0.2, 0.25) is 0 Å². The molecule has 0 unspecified atom stereocenters. The number of rotatable bonds is 5. The van der Waals surface area contributed by atoms with Crippen molar-refractivity contribution in [3.05, 3.63) is 17.3 Å². The molecular weight excluding hydrogens is 282 g/mol. The van der Waals surface area contributed by atoms with Gasteiger partial charge in [-0.25, -0.2) is 9.98 Å². The zero-order valence-corrected chi connectivity index (χ0v) is 14.3. The number of nitrogens with one attached hydrogen (secondary N) is 3. The first-order valence-electron chi connectivity index (χ1n) is 7.47. The topological polar surface area (TPSA) is 91.5 Å². The van der Waals surface area contributed by atoms with Crippen LogP contribution in [0.1, 0.15) is 45.0 Å². The number of amides is 1. The molecule has 0 aliphatic carbocycles. The Morgan fingerprint density at radius 3 is 2.45 bits per heavy atom. The SMILES string of the molecule is CCNC(=NCC(=O)NC(C)(C)C)NCc1nc(C)c(C)o1. The van der Waals surface area contributed by atoms with Gasteiger partial charge in [0.25, 0.3) is 0 Å². The van der Waals surface area contributed by atoms with E-state index < -0.39 is 0 Å². The summed E-state index contributed by atoms with van der Waals surface area (Å²) < 4.78 is 5.50. The number of oxazole rings is 1. The minimum Gasteiger partial charge on any atom is -0.444 e. The fourth-order valence-corrected chi connectivity index (χ4v) is 1.72. The second-order valence-electron chi connectivity index (χ2n) is 6.10. The molecule has 1 rings (SSSR count). The lowest BCUT2D eigenvalue weighted by Gasteiger charge is -2.20. The first-order valence-corrected chi connectivity index (χ1v) is 7.47. The van der Waals surface area contributed by atoms with E-state index in [4.69, 9.17) is 4.42 Å². The summed E-state index contributed by atoms with van der Waals surface area (Å²) in [6, 6.07) is 0. The number of hydrogen-bond donors (Lipinski definition) is 3. The fourth-order valence-electron chi connectivity index (χ4n) is 1.72. The molecule has 3 N–H and O–H groups in total. The summed E-state index contributed by atoms with van der Waals surface area (Å²) in [5.41, 5.74) is 0.620. The summed E-state index contributed by atoms with van der Waals surface area (Å²) in [7, 11) is 0.